The van der Waals surface area contributed by atoms with Gasteiger partial charge in [0.1, 0.15) is 105 Å². The molecule has 0 aliphatic rings. The largest absolute Gasteiger partial charge is 2.00 e. The molecule has 8 rings (SSSR count). The summed E-state index contributed by atoms with van der Waals surface area (Å²) in [5.41, 5.74) is -28.7. The van der Waals surface area contributed by atoms with Gasteiger partial charge in [0, 0.05) is 0 Å². The summed E-state index contributed by atoms with van der Waals surface area (Å²) in [6, 6.07) is 0. The van der Waals surface area contributed by atoms with Crippen molar-refractivity contribution >= 4 is 56.0 Å². The van der Waals surface area contributed by atoms with Gasteiger partial charge in [-0.25, -0.2) is 176 Å². The maximum atomic E-state index is 15.4. The first-order chi connectivity index (χ1) is 41.4. The SMILES string of the molecule is Fc1c(F)c(F)c([B-](c2c(F)c(F)c(F)c(F)c2F)(c2c(F)c(F)c(F)c(F)c2F)c2c(F)c(F)c(F)c(F)c2F)c(F)c1F.Fc1c(F)c(F)c([B-](c2c(F)c(F)c(F)c(F)c2F)(c2c(F)c(F)c(F)c(F)c2F)c2c(F)c(F)c(F)c(F)c2F)c(F)c1F.[Mn+2]. The molecule has 0 spiro atoms. The van der Waals surface area contributed by atoms with E-state index in [2.05, 4.69) is 0 Å². The third kappa shape index (κ3) is 9.64. The van der Waals surface area contributed by atoms with Crippen molar-refractivity contribution in [2.75, 3.05) is 0 Å². The molecule has 0 bridgehead atoms. The quantitative estimate of drug-likeness (QED) is 0.0616. The van der Waals surface area contributed by atoms with Crippen molar-refractivity contribution in [3.63, 3.8) is 0 Å². The zero-order chi connectivity index (χ0) is 68.7. The van der Waals surface area contributed by atoms with Gasteiger partial charge >= 0.3 is 17.1 Å². The molecule has 8 aromatic carbocycles. The van der Waals surface area contributed by atoms with Crippen LogP contribution in [0.5, 0.6) is 0 Å². The summed E-state index contributed by atoms with van der Waals surface area (Å²) in [5, 5.41) is 0. The summed E-state index contributed by atoms with van der Waals surface area (Å²) in [5.74, 6) is -143. The van der Waals surface area contributed by atoms with E-state index < -0.39 is 289 Å². The summed E-state index contributed by atoms with van der Waals surface area (Å²) < 4.78 is 588. The topological polar surface area (TPSA) is 0 Å². The molecule has 8 aromatic rings. The van der Waals surface area contributed by atoms with E-state index in [9.17, 15) is 105 Å². The van der Waals surface area contributed by atoms with E-state index in [0.29, 0.717) is 0 Å². The Labute approximate surface area is 480 Å². The van der Waals surface area contributed by atoms with Crippen molar-refractivity contribution < 1.29 is 193 Å². The summed E-state index contributed by atoms with van der Waals surface area (Å²) in [6.45, 7) is 0. The first-order valence-electron chi connectivity index (χ1n) is 21.9. The summed E-state index contributed by atoms with van der Waals surface area (Å²) in [4.78, 5) is 0. The zero-order valence-electron chi connectivity index (χ0n) is 40.7. The van der Waals surface area contributed by atoms with Crippen LogP contribution >= 0.6 is 0 Å². The van der Waals surface area contributed by atoms with E-state index in [1.165, 1.54) is 0 Å². The normalized spacial score (nSPS) is 11.9. The van der Waals surface area contributed by atoms with Crippen LogP contribution in [0.25, 0.3) is 0 Å². The molecule has 91 heavy (non-hydrogen) atoms. The van der Waals surface area contributed by atoms with Gasteiger partial charge in [0.15, 0.2) is 140 Å². The van der Waals surface area contributed by atoms with Crippen LogP contribution < -0.4 is 43.7 Å². The Morgan fingerprint density at radius 2 is 0.132 bits per heavy atom. The molecular weight excluding hydrogens is 1410 g/mol. The average Bonchev–Trinajstić information content (AvgIpc) is 0.690. The van der Waals surface area contributed by atoms with Crippen molar-refractivity contribution in [3.8, 4) is 0 Å². The van der Waals surface area contributed by atoms with Gasteiger partial charge in [-0.2, -0.15) is 0 Å². The van der Waals surface area contributed by atoms with E-state index in [-0.39, 0.29) is 17.1 Å². The van der Waals surface area contributed by atoms with Crippen LogP contribution in [0.2, 0.25) is 0 Å². The van der Waals surface area contributed by atoms with Gasteiger partial charge in [-0.05, 0) is 0 Å². The monoisotopic (exact) mass is 1410 g/mol. The maximum absolute atomic E-state index is 15.4. The Balaban J connectivity index is 0.000000286. The van der Waals surface area contributed by atoms with Gasteiger partial charge in [-0.3, -0.25) is 0 Å². The van der Waals surface area contributed by atoms with Gasteiger partial charge in [-0.15, -0.1) is 43.7 Å². The molecule has 0 saturated carbocycles. The Bertz CT molecular complexity index is 3430. The number of hydrogen-bond donors (Lipinski definition) is 0. The molecule has 0 N–H and O–H groups in total. The molecule has 0 aliphatic heterocycles. The van der Waals surface area contributed by atoms with Crippen LogP contribution in [0.4, 0.5) is 176 Å². The summed E-state index contributed by atoms with van der Waals surface area (Å²) in [7, 11) is 0. The van der Waals surface area contributed by atoms with Crippen LogP contribution in [0.3, 0.4) is 0 Å². The van der Waals surface area contributed by atoms with Crippen LogP contribution in [0, 0.1) is 233 Å². The van der Waals surface area contributed by atoms with Gasteiger partial charge in [-0.1, -0.05) is 0 Å². The molecule has 1 radical (unpaired) electrons. The van der Waals surface area contributed by atoms with Gasteiger partial charge < -0.3 is 0 Å². The van der Waals surface area contributed by atoms with Crippen LogP contribution in [0.1, 0.15) is 0 Å². The third-order valence-corrected chi connectivity index (χ3v) is 13.4. The molecule has 43 heteroatoms. The molecular formula is C48B2F40Mn. The number of hydrogen-bond acceptors (Lipinski definition) is 0. The molecule has 0 heterocycles. The van der Waals surface area contributed by atoms with E-state index in [4.69, 9.17) is 0 Å². The maximum Gasteiger partial charge on any atom is 2.00 e. The van der Waals surface area contributed by atoms with Gasteiger partial charge in [0.2, 0.25) is 0 Å². The number of halogens is 40. The standard InChI is InChI=1S/2C24BF20.Mn/c2*26-5-1(6(27)14(35)21(42)13(5)34)25(2-7(28)15(36)22(43)16(37)8(2)29,3-9(30)17(38)23(44)18(39)10(3)31)4-11(32)19(40)24(45)20(41)12(4)33;/q2*-1;+2. The van der Waals surface area contributed by atoms with Gasteiger partial charge in [0.25, 0.3) is 0 Å². The van der Waals surface area contributed by atoms with Gasteiger partial charge in [0.05, 0.1) is 0 Å². The van der Waals surface area contributed by atoms with Crippen molar-refractivity contribution in [2.24, 2.45) is 0 Å². The second-order valence-electron chi connectivity index (χ2n) is 17.6. The van der Waals surface area contributed by atoms with E-state index >= 15 is 70.2 Å². The smallest absolute Gasteiger partial charge is 0.207 e. The minimum Gasteiger partial charge on any atom is -0.207 e. The van der Waals surface area contributed by atoms with Crippen molar-refractivity contribution in [3.05, 3.63) is 233 Å². The molecule has 0 atom stereocenters. The summed E-state index contributed by atoms with van der Waals surface area (Å²) >= 11 is 0. The second-order valence-corrected chi connectivity index (χ2v) is 17.6. The Morgan fingerprint density at radius 3 is 0.187 bits per heavy atom. The van der Waals surface area contributed by atoms with E-state index in [1.807, 2.05) is 0 Å². The minimum absolute atomic E-state index is 0. The molecule has 0 amide bonds. The van der Waals surface area contributed by atoms with Crippen molar-refractivity contribution in [1.29, 1.82) is 0 Å². The minimum atomic E-state index is -7.22. The fraction of sp³-hybridized carbons (Fsp3) is 0. The Hall–Kier alpha value is -8.39. The summed E-state index contributed by atoms with van der Waals surface area (Å²) in [6.07, 6.45) is -14.4. The molecule has 0 fully saturated rings. The fourth-order valence-corrected chi connectivity index (χ4v) is 9.75. The Kier molecular flexibility index (Phi) is 19.2. The van der Waals surface area contributed by atoms with E-state index in [1.54, 1.807) is 0 Å². The first kappa shape index (κ1) is 71.7. The molecule has 0 nitrogen and oxygen atoms in total. The number of rotatable bonds is 8. The second kappa shape index (κ2) is 24.3. The number of benzene rings is 8. The molecule has 0 unspecified atom stereocenters. The molecule has 0 aliphatic carbocycles. The third-order valence-electron chi connectivity index (χ3n) is 13.4. The van der Waals surface area contributed by atoms with Crippen LogP contribution in [-0.2, 0) is 17.1 Å². The van der Waals surface area contributed by atoms with E-state index in [0.717, 1.165) is 0 Å². The average molecular weight is 1410 g/mol. The van der Waals surface area contributed by atoms with Crippen molar-refractivity contribution in [1.82, 2.24) is 0 Å². The predicted molar refractivity (Wildman–Crippen MR) is 218 cm³/mol. The molecule has 0 aromatic heterocycles. The predicted octanol–water partition coefficient (Wildman–Crippen LogP) is 11.7. The fourth-order valence-electron chi connectivity index (χ4n) is 9.75. The molecule has 485 valence electrons. The zero-order valence-corrected chi connectivity index (χ0v) is 41.8. The van der Waals surface area contributed by atoms with Crippen LogP contribution in [0.15, 0.2) is 0 Å². The van der Waals surface area contributed by atoms with Crippen molar-refractivity contribution in [2.45, 2.75) is 0 Å². The Morgan fingerprint density at radius 1 is 0.0879 bits per heavy atom. The van der Waals surface area contributed by atoms with Crippen LogP contribution in [-0.4, -0.2) is 12.3 Å². The first-order valence-corrected chi connectivity index (χ1v) is 21.9. The molecule has 0 saturated heterocycles.